The largest absolute Gasteiger partial charge is 0.397 e. The fourth-order valence-electron chi connectivity index (χ4n) is 2.39. The molecule has 1 aromatic rings. The standard InChI is InChI=1S/C14H20N4O2/c1-10(19)17-5-7-18(8-6-17)13-4-3-11(9-12(13)15)14(20)16-2/h3-4,9H,5-8,15H2,1-2H3,(H,16,20). The first-order valence-electron chi connectivity index (χ1n) is 6.65. The van der Waals surface area contributed by atoms with Crippen LogP contribution in [0.15, 0.2) is 18.2 Å². The van der Waals surface area contributed by atoms with Gasteiger partial charge in [-0.25, -0.2) is 0 Å². The van der Waals surface area contributed by atoms with Crippen molar-refractivity contribution in [2.75, 3.05) is 43.9 Å². The van der Waals surface area contributed by atoms with Crippen molar-refractivity contribution in [3.63, 3.8) is 0 Å². The van der Waals surface area contributed by atoms with Crippen LogP contribution in [0.3, 0.4) is 0 Å². The first-order valence-corrected chi connectivity index (χ1v) is 6.65. The lowest BCUT2D eigenvalue weighted by molar-refractivity contribution is -0.129. The summed E-state index contributed by atoms with van der Waals surface area (Å²) < 4.78 is 0. The van der Waals surface area contributed by atoms with Crippen LogP contribution in [0.4, 0.5) is 11.4 Å². The molecule has 2 amide bonds. The Morgan fingerprint density at radius 1 is 1.20 bits per heavy atom. The van der Waals surface area contributed by atoms with Gasteiger partial charge in [-0.05, 0) is 18.2 Å². The zero-order valence-electron chi connectivity index (χ0n) is 11.8. The molecule has 108 valence electrons. The molecule has 3 N–H and O–H groups in total. The highest BCUT2D eigenvalue weighted by atomic mass is 16.2. The number of piperazine rings is 1. The molecule has 0 aromatic heterocycles. The maximum atomic E-state index is 11.5. The van der Waals surface area contributed by atoms with Crippen LogP contribution in [-0.4, -0.2) is 49.9 Å². The molecule has 1 saturated heterocycles. The molecule has 1 aromatic carbocycles. The van der Waals surface area contributed by atoms with Crippen molar-refractivity contribution < 1.29 is 9.59 Å². The molecular formula is C14H20N4O2. The summed E-state index contributed by atoms with van der Waals surface area (Å²) in [5, 5.41) is 2.57. The highest BCUT2D eigenvalue weighted by molar-refractivity contribution is 5.96. The minimum Gasteiger partial charge on any atom is -0.397 e. The normalized spacial score (nSPS) is 15.1. The van der Waals surface area contributed by atoms with E-state index in [1.165, 1.54) is 0 Å². The van der Waals surface area contributed by atoms with Gasteiger partial charge >= 0.3 is 0 Å². The third kappa shape index (κ3) is 2.84. The third-order valence-electron chi connectivity index (χ3n) is 3.58. The maximum absolute atomic E-state index is 11.5. The van der Waals surface area contributed by atoms with Gasteiger partial charge in [-0.3, -0.25) is 9.59 Å². The van der Waals surface area contributed by atoms with Gasteiger partial charge in [-0.15, -0.1) is 0 Å². The van der Waals surface area contributed by atoms with Gasteiger partial charge in [0.2, 0.25) is 5.91 Å². The number of nitrogen functional groups attached to an aromatic ring is 1. The van der Waals surface area contributed by atoms with E-state index in [1.807, 2.05) is 11.0 Å². The number of nitrogens with one attached hydrogen (secondary N) is 1. The molecular weight excluding hydrogens is 256 g/mol. The van der Waals surface area contributed by atoms with E-state index in [1.54, 1.807) is 26.1 Å². The number of benzene rings is 1. The van der Waals surface area contributed by atoms with E-state index in [0.717, 1.165) is 18.8 Å². The molecule has 20 heavy (non-hydrogen) atoms. The highest BCUT2D eigenvalue weighted by Gasteiger charge is 2.20. The quantitative estimate of drug-likeness (QED) is 0.761. The summed E-state index contributed by atoms with van der Waals surface area (Å²) in [6.45, 7) is 4.49. The molecule has 1 aliphatic heterocycles. The Labute approximate surface area is 118 Å². The predicted octanol–water partition coefficient (Wildman–Crippen LogP) is 0.297. The van der Waals surface area contributed by atoms with Gasteiger partial charge in [0.05, 0.1) is 11.4 Å². The minimum atomic E-state index is -0.148. The average molecular weight is 276 g/mol. The lowest BCUT2D eigenvalue weighted by atomic mass is 10.1. The van der Waals surface area contributed by atoms with Crippen LogP contribution in [0.2, 0.25) is 0 Å². The predicted molar refractivity (Wildman–Crippen MR) is 78.7 cm³/mol. The van der Waals surface area contributed by atoms with Gasteiger partial charge in [-0.1, -0.05) is 0 Å². The number of anilines is 2. The van der Waals surface area contributed by atoms with Crippen LogP contribution >= 0.6 is 0 Å². The van der Waals surface area contributed by atoms with E-state index >= 15 is 0 Å². The van der Waals surface area contributed by atoms with Crippen molar-refractivity contribution >= 4 is 23.2 Å². The fourth-order valence-corrected chi connectivity index (χ4v) is 2.39. The monoisotopic (exact) mass is 276 g/mol. The molecule has 6 heteroatoms. The number of carbonyl (C=O) groups is 2. The van der Waals surface area contributed by atoms with Crippen LogP contribution in [0, 0.1) is 0 Å². The van der Waals surface area contributed by atoms with Crippen molar-refractivity contribution in [2.24, 2.45) is 0 Å². The molecule has 0 saturated carbocycles. The van der Waals surface area contributed by atoms with Crippen LogP contribution in [0.1, 0.15) is 17.3 Å². The first-order chi connectivity index (χ1) is 9.52. The van der Waals surface area contributed by atoms with Gasteiger partial charge < -0.3 is 20.9 Å². The summed E-state index contributed by atoms with van der Waals surface area (Å²) in [6.07, 6.45) is 0. The van der Waals surface area contributed by atoms with Crippen molar-refractivity contribution in [1.82, 2.24) is 10.2 Å². The van der Waals surface area contributed by atoms with Crippen LogP contribution < -0.4 is 16.0 Å². The Morgan fingerprint density at radius 3 is 2.35 bits per heavy atom. The Hall–Kier alpha value is -2.24. The summed E-state index contributed by atoms with van der Waals surface area (Å²) in [4.78, 5) is 26.8. The van der Waals surface area contributed by atoms with Crippen molar-refractivity contribution in [3.05, 3.63) is 23.8 Å². The fraction of sp³-hybridized carbons (Fsp3) is 0.429. The Kier molecular flexibility index (Phi) is 4.12. The Bertz CT molecular complexity index is 522. The second-order valence-electron chi connectivity index (χ2n) is 4.85. The zero-order chi connectivity index (χ0) is 14.7. The number of carbonyl (C=O) groups excluding carboxylic acids is 2. The van der Waals surface area contributed by atoms with Crippen molar-refractivity contribution in [2.45, 2.75) is 6.92 Å². The van der Waals surface area contributed by atoms with Gasteiger partial charge in [0.15, 0.2) is 0 Å². The van der Waals surface area contributed by atoms with Crippen LogP contribution in [0.25, 0.3) is 0 Å². The SMILES string of the molecule is CNC(=O)c1ccc(N2CCN(C(C)=O)CC2)c(N)c1. The number of rotatable bonds is 2. The van der Waals surface area contributed by atoms with Gasteiger partial charge in [-0.2, -0.15) is 0 Å². The molecule has 1 aliphatic rings. The van der Waals surface area contributed by atoms with E-state index in [-0.39, 0.29) is 11.8 Å². The first kappa shape index (κ1) is 14.2. The molecule has 1 heterocycles. The summed E-state index contributed by atoms with van der Waals surface area (Å²) in [5.41, 5.74) is 8.09. The molecule has 0 radical (unpaired) electrons. The summed E-state index contributed by atoms with van der Waals surface area (Å²) in [7, 11) is 1.59. The Morgan fingerprint density at radius 2 is 1.85 bits per heavy atom. The second-order valence-corrected chi connectivity index (χ2v) is 4.85. The summed E-state index contributed by atoms with van der Waals surface area (Å²) >= 11 is 0. The minimum absolute atomic E-state index is 0.104. The summed E-state index contributed by atoms with van der Waals surface area (Å²) in [5.74, 6) is -0.0442. The number of amides is 2. The molecule has 1 fully saturated rings. The topological polar surface area (TPSA) is 78.7 Å². The van der Waals surface area contributed by atoms with Crippen molar-refractivity contribution in [3.8, 4) is 0 Å². The molecule has 0 aliphatic carbocycles. The van der Waals surface area contributed by atoms with E-state index in [4.69, 9.17) is 5.73 Å². The lowest BCUT2D eigenvalue weighted by Crippen LogP contribution is -2.48. The molecule has 2 rings (SSSR count). The number of hydrogen-bond acceptors (Lipinski definition) is 4. The van der Waals surface area contributed by atoms with Crippen molar-refractivity contribution in [1.29, 1.82) is 0 Å². The third-order valence-corrected chi connectivity index (χ3v) is 3.58. The smallest absolute Gasteiger partial charge is 0.251 e. The number of nitrogens with zero attached hydrogens (tertiary/aromatic N) is 2. The van der Waals surface area contributed by atoms with E-state index in [2.05, 4.69) is 10.2 Å². The second kappa shape index (κ2) is 5.81. The Balaban J connectivity index is 2.11. The van der Waals surface area contributed by atoms with E-state index in [0.29, 0.717) is 24.3 Å². The molecule has 6 nitrogen and oxygen atoms in total. The van der Waals surface area contributed by atoms with Crippen LogP contribution in [0.5, 0.6) is 0 Å². The average Bonchev–Trinajstić information content (AvgIpc) is 2.46. The highest BCUT2D eigenvalue weighted by Crippen LogP contribution is 2.25. The summed E-state index contributed by atoms with van der Waals surface area (Å²) in [6, 6.07) is 5.32. The lowest BCUT2D eigenvalue weighted by Gasteiger charge is -2.36. The molecule has 0 bridgehead atoms. The molecule has 0 spiro atoms. The molecule has 0 unspecified atom stereocenters. The maximum Gasteiger partial charge on any atom is 0.251 e. The zero-order valence-corrected chi connectivity index (χ0v) is 11.8. The van der Waals surface area contributed by atoms with Gasteiger partial charge in [0.25, 0.3) is 5.91 Å². The molecule has 0 atom stereocenters. The van der Waals surface area contributed by atoms with E-state index in [9.17, 15) is 9.59 Å². The number of nitrogens with two attached hydrogens (primary N) is 1. The van der Waals surface area contributed by atoms with Crippen LogP contribution in [-0.2, 0) is 4.79 Å². The van der Waals surface area contributed by atoms with Gasteiger partial charge in [0.1, 0.15) is 0 Å². The van der Waals surface area contributed by atoms with Gasteiger partial charge in [0, 0.05) is 45.7 Å². The van der Waals surface area contributed by atoms with E-state index < -0.39 is 0 Å². The number of hydrogen-bond donors (Lipinski definition) is 2.